The van der Waals surface area contributed by atoms with Crippen LogP contribution in [0.3, 0.4) is 0 Å². The largest absolute Gasteiger partial charge is 0.333 e. The zero-order chi connectivity index (χ0) is 19.4. The molecule has 0 spiro atoms. The van der Waals surface area contributed by atoms with Gasteiger partial charge in [-0.3, -0.25) is 4.79 Å². The van der Waals surface area contributed by atoms with Gasteiger partial charge in [-0.2, -0.15) is 0 Å². The van der Waals surface area contributed by atoms with E-state index >= 15 is 0 Å². The summed E-state index contributed by atoms with van der Waals surface area (Å²) >= 11 is 0. The molecular weight excluding hydrogens is 338 g/mol. The number of amides is 3. The van der Waals surface area contributed by atoms with Crippen LogP contribution in [0, 0.1) is 6.92 Å². The summed E-state index contributed by atoms with van der Waals surface area (Å²) in [6.07, 6.45) is 0.330. The molecule has 142 valence electrons. The standard InChI is InChI=1S/C22H27N3O2/c1-16(2)24(14-18-7-5-4-6-8-18)22(27)23-19-13-21(26)25(15-19)20-11-9-17(3)10-12-20/h4-12,16,19H,13-15H2,1-3H3,(H,23,27). The minimum absolute atomic E-state index is 0.0447. The smallest absolute Gasteiger partial charge is 0.318 e. The van der Waals surface area contributed by atoms with Crippen LogP contribution in [0.5, 0.6) is 0 Å². The third kappa shape index (κ3) is 4.67. The van der Waals surface area contributed by atoms with E-state index in [0.717, 1.165) is 16.8 Å². The average molecular weight is 365 g/mol. The highest BCUT2D eigenvalue weighted by Gasteiger charge is 2.32. The highest BCUT2D eigenvalue weighted by Crippen LogP contribution is 2.22. The van der Waals surface area contributed by atoms with Crippen molar-refractivity contribution in [1.29, 1.82) is 0 Å². The van der Waals surface area contributed by atoms with Gasteiger partial charge in [-0.25, -0.2) is 4.79 Å². The molecule has 1 saturated heterocycles. The van der Waals surface area contributed by atoms with Crippen LogP contribution in [-0.2, 0) is 11.3 Å². The topological polar surface area (TPSA) is 52.7 Å². The van der Waals surface area contributed by atoms with Crippen LogP contribution in [-0.4, -0.2) is 35.5 Å². The minimum Gasteiger partial charge on any atom is -0.333 e. The fraction of sp³-hybridized carbons (Fsp3) is 0.364. The number of anilines is 1. The van der Waals surface area contributed by atoms with Crippen LogP contribution in [0.4, 0.5) is 10.5 Å². The first-order valence-corrected chi connectivity index (χ1v) is 9.42. The van der Waals surface area contributed by atoms with Gasteiger partial charge >= 0.3 is 6.03 Å². The van der Waals surface area contributed by atoms with Crippen LogP contribution >= 0.6 is 0 Å². The van der Waals surface area contributed by atoms with Gasteiger partial charge in [0.2, 0.25) is 5.91 Å². The number of nitrogens with one attached hydrogen (secondary N) is 1. The van der Waals surface area contributed by atoms with Crippen molar-refractivity contribution in [2.75, 3.05) is 11.4 Å². The SMILES string of the molecule is Cc1ccc(N2CC(NC(=O)N(Cc3ccccc3)C(C)C)CC2=O)cc1. The number of hydrogen-bond acceptors (Lipinski definition) is 2. The Kier molecular flexibility index (Phi) is 5.79. The summed E-state index contributed by atoms with van der Waals surface area (Å²) in [4.78, 5) is 28.8. The summed E-state index contributed by atoms with van der Waals surface area (Å²) in [7, 11) is 0. The number of rotatable bonds is 5. The molecule has 2 aromatic rings. The summed E-state index contributed by atoms with van der Waals surface area (Å²) in [6.45, 7) is 7.07. The van der Waals surface area contributed by atoms with Crippen LogP contribution in [0.2, 0.25) is 0 Å². The van der Waals surface area contributed by atoms with Crippen molar-refractivity contribution in [2.24, 2.45) is 0 Å². The molecule has 1 N–H and O–H groups in total. The fourth-order valence-electron chi connectivity index (χ4n) is 3.31. The van der Waals surface area contributed by atoms with Gasteiger partial charge in [0.1, 0.15) is 0 Å². The molecule has 1 fully saturated rings. The molecule has 5 heteroatoms. The maximum Gasteiger partial charge on any atom is 0.318 e. The molecule has 0 aliphatic carbocycles. The van der Waals surface area contributed by atoms with Gasteiger partial charge in [-0.15, -0.1) is 0 Å². The minimum atomic E-state index is -0.177. The number of carbonyl (C=O) groups is 2. The Hall–Kier alpha value is -2.82. The van der Waals surface area contributed by atoms with Crippen LogP contribution in [0.15, 0.2) is 54.6 Å². The molecule has 2 aromatic carbocycles. The van der Waals surface area contributed by atoms with Crippen molar-refractivity contribution < 1.29 is 9.59 Å². The Morgan fingerprint density at radius 2 is 1.81 bits per heavy atom. The maximum atomic E-state index is 12.8. The number of carbonyl (C=O) groups excluding carboxylic acids is 2. The normalized spacial score (nSPS) is 16.7. The predicted molar refractivity (Wildman–Crippen MR) is 108 cm³/mol. The van der Waals surface area contributed by atoms with Gasteiger partial charge in [0.25, 0.3) is 0 Å². The predicted octanol–water partition coefficient (Wildman–Crippen LogP) is 3.72. The lowest BCUT2D eigenvalue weighted by Crippen LogP contribution is -2.48. The average Bonchev–Trinajstić information content (AvgIpc) is 3.01. The molecule has 5 nitrogen and oxygen atoms in total. The molecule has 1 heterocycles. The second-order valence-electron chi connectivity index (χ2n) is 7.40. The Bertz CT molecular complexity index is 787. The zero-order valence-corrected chi connectivity index (χ0v) is 16.2. The number of aryl methyl sites for hydroxylation is 1. The number of nitrogens with zero attached hydrogens (tertiary/aromatic N) is 2. The molecule has 0 radical (unpaired) electrons. The first-order chi connectivity index (χ1) is 12.9. The Balaban J connectivity index is 1.64. The van der Waals surface area contributed by atoms with Gasteiger partial charge < -0.3 is 15.1 Å². The Morgan fingerprint density at radius 1 is 1.15 bits per heavy atom. The first kappa shape index (κ1) is 19.0. The molecule has 3 rings (SSSR count). The third-order valence-corrected chi connectivity index (χ3v) is 4.88. The number of benzene rings is 2. The van der Waals surface area contributed by atoms with E-state index in [0.29, 0.717) is 19.5 Å². The highest BCUT2D eigenvalue weighted by atomic mass is 16.2. The lowest BCUT2D eigenvalue weighted by atomic mass is 10.2. The van der Waals surface area contributed by atoms with Crippen LogP contribution in [0.25, 0.3) is 0 Å². The van der Waals surface area contributed by atoms with Crippen molar-refractivity contribution in [3.8, 4) is 0 Å². The van der Waals surface area contributed by atoms with E-state index < -0.39 is 0 Å². The Labute approximate surface area is 161 Å². The van der Waals surface area contributed by atoms with E-state index in [9.17, 15) is 9.59 Å². The van der Waals surface area contributed by atoms with Gasteiger partial charge in [0.05, 0.1) is 6.04 Å². The summed E-state index contributed by atoms with van der Waals surface area (Å²) in [5.41, 5.74) is 3.13. The van der Waals surface area contributed by atoms with E-state index in [-0.39, 0.29) is 24.0 Å². The second-order valence-corrected chi connectivity index (χ2v) is 7.40. The van der Waals surface area contributed by atoms with Gasteiger partial charge in [-0.1, -0.05) is 48.0 Å². The lowest BCUT2D eigenvalue weighted by molar-refractivity contribution is -0.117. The molecule has 0 aromatic heterocycles. The summed E-state index contributed by atoms with van der Waals surface area (Å²) in [5.74, 6) is 0.0447. The molecule has 1 unspecified atom stereocenters. The van der Waals surface area contributed by atoms with Crippen molar-refractivity contribution in [1.82, 2.24) is 10.2 Å². The third-order valence-electron chi connectivity index (χ3n) is 4.88. The van der Waals surface area contributed by atoms with Crippen molar-refractivity contribution >= 4 is 17.6 Å². The first-order valence-electron chi connectivity index (χ1n) is 9.42. The van der Waals surface area contributed by atoms with E-state index in [1.54, 1.807) is 9.80 Å². The molecule has 27 heavy (non-hydrogen) atoms. The summed E-state index contributed by atoms with van der Waals surface area (Å²) in [6, 6.07) is 17.6. The monoisotopic (exact) mass is 365 g/mol. The Morgan fingerprint density at radius 3 is 2.44 bits per heavy atom. The molecule has 1 atom stereocenters. The maximum absolute atomic E-state index is 12.8. The summed E-state index contributed by atoms with van der Waals surface area (Å²) < 4.78 is 0. The molecule has 1 aliphatic heterocycles. The molecule has 0 saturated carbocycles. The molecule has 1 aliphatic rings. The van der Waals surface area contributed by atoms with E-state index in [4.69, 9.17) is 0 Å². The quantitative estimate of drug-likeness (QED) is 0.878. The summed E-state index contributed by atoms with van der Waals surface area (Å²) in [5, 5.41) is 3.05. The van der Waals surface area contributed by atoms with Gasteiger partial charge in [0, 0.05) is 31.2 Å². The van der Waals surface area contributed by atoms with Crippen LogP contribution in [0.1, 0.15) is 31.4 Å². The van der Waals surface area contributed by atoms with E-state index in [1.807, 2.05) is 75.4 Å². The van der Waals surface area contributed by atoms with Crippen molar-refractivity contribution in [3.05, 3.63) is 65.7 Å². The van der Waals surface area contributed by atoms with Crippen LogP contribution < -0.4 is 10.2 Å². The fourth-order valence-corrected chi connectivity index (χ4v) is 3.31. The van der Waals surface area contributed by atoms with Gasteiger partial charge in [0.15, 0.2) is 0 Å². The molecule has 3 amide bonds. The van der Waals surface area contributed by atoms with E-state index in [2.05, 4.69) is 5.32 Å². The van der Waals surface area contributed by atoms with Crippen molar-refractivity contribution in [2.45, 2.75) is 45.8 Å². The number of urea groups is 1. The molecule has 0 bridgehead atoms. The van der Waals surface area contributed by atoms with E-state index in [1.165, 1.54) is 0 Å². The number of hydrogen-bond donors (Lipinski definition) is 1. The van der Waals surface area contributed by atoms with Gasteiger partial charge in [-0.05, 0) is 38.5 Å². The lowest BCUT2D eigenvalue weighted by Gasteiger charge is -2.28. The zero-order valence-electron chi connectivity index (χ0n) is 16.2. The van der Waals surface area contributed by atoms with Crippen molar-refractivity contribution in [3.63, 3.8) is 0 Å². The highest BCUT2D eigenvalue weighted by molar-refractivity contribution is 5.96. The second kappa shape index (κ2) is 8.25. The molecular formula is C22H27N3O2.